The quantitative estimate of drug-likeness (QED) is 0.741. The normalized spacial score (nSPS) is 10.7. The zero-order valence-corrected chi connectivity index (χ0v) is 11.3. The number of aryl methyl sites for hydroxylation is 1. The van der Waals surface area contributed by atoms with Crippen LogP contribution in [0, 0.1) is 6.92 Å². The van der Waals surface area contributed by atoms with Crippen LogP contribution in [0.5, 0.6) is 0 Å². The van der Waals surface area contributed by atoms with Crippen LogP contribution in [-0.2, 0) is 24.2 Å². The molecule has 6 nitrogen and oxygen atoms in total. The van der Waals surface area contributed by atoms with Gasteiger partial charge < -0.3 is 14.9 Å². The summed E-state index contributed by atoms with van der Waals surface area (Å²) in [6, 6.07) is 7.55. The minimum Gasteiger partial charge on any atom is -0.481 e. The maximum atomic E-state index is 10.6. The molecule has 2 N–H and O–H groups in total. The Bertz CT molecular complexity index is 563. The Kier molecular flexibility index (Phi) is 4.84. The summed E-state index contributed by atoms with van der Waals surface area (Å²) in [7, 11) is 0. The van der Waals surface area contributed by atoms with Gasteiger partial charge in [0.2, 0.25) is 5.89 Å². The molecule has 0 aliphatic carbocycles. The van der Waals surface area contributed by atoms with E-state index in [9.17, 15) is 4.79 Å². The van der Waals surface area contributed by atoms with Gasteiger partial charge in [0.05, 0.1) is 6.42 Å². The van der Waals surface area contributed by atoms with Crippen LogP contribution >= 0.6 is 0 Å². The van der Waals surface area contributed by atoms with Crippen LogP contribution in [0.15, 0.2) is 28.8 Å². The smallest absolute Gasteiger partial charge is 0.307 e. The number of benzene rings is 1. The van der Waals surface area contributed by atoms with Crippen molar-refractivity contribution < 1.29 is 14.4 Å². The van der Waals surface area contributed by atoms with E-state index in [-0.39, 0.29) is 6.42 Å². The van der Waals surface area contributed by atoms with Crippen LogP contribution < -0.4 is 5.32 Å². The molecule has 2 aromatic rings. The summed E-state index contributed by atoms with van der Waals surface area (Å²) < 4.78 is 4.89. The minimum atomic E-state index is -0.814. The molecule has 1 heterocycles. The highest BCUT2D eigenvalue weighted by Gasteiger charge is 2.02. The molecule has 1 aromatic heterocycles. The van der Waals surface area contributed by atoms with Crippen molar-refractivity contribution in [3.63, 3.8) is 0 Å². The van der Waals surface area contributed by atoms with Crippen LogP contribution in [-0.4, -0.2) is 27.8 Å². The van der Waals surface area contributed by atoms with Crippen LogP contribution in [0.3, 0.4) is 0 Å². The second kappa shape index (κ2) is 6.81. The van der Waals surface area contributed by atoms with E-state index in [1.807, 2.05) is 24.3 Å². The fraction of sp³-hybridized carbons (Fsp3) is 0.357. The average Bonchev–Trinajstić information content (AvgIpc) is 2.82. The second-order valence-electron chi connectivity index (χ2n) is 4.54. The van der Waals surface area contributed by atoms with Crippen molar-refractivity contribution in [3.8, 4) is 0 Å². The van der Waals surface area contributed by atoms with Crippen molar-refractivity contribution in [2.24, 2.45) is 0 Å². The number of nitrogens with one attached hydrogen (secondary N) is 1. The molecule has 0 saturated heterocycles. The standard InChI is InChI=1S/C14H17N3O3/c1-10-16-13(17-20-10)6-7-15-9-12-4-2-11(3-5-12)8-14(18)19/h2-5,15H,6-9H2,1H3,(H,18,19). The number of nitrogens with zero attached hydrogens (tertiary/aromatic N) is 2. The predicted octanol–water partition coefficient (Wildman–Crippen LogP) is 1.34. The van der Waals surface area contributed by atoms with Crippen molar-refractivity contribution in [1.29, 1.82) is 0 Å². The molecule has 0 radical (unpaired) electrons. The zero-order valence-electron chi connectivity index (χ0n) is 11.3. The van der Waals surface area contributed by atoms with E-state index in [2.05, 4.69) is 15.5 Å². The van der Waals surface area contributed by atoms with Crippen molar-refractivity contribution in [3.05, 3.63) is 47.1 Å². The van der Waals surface area contributed by atoms with Crippen molar-refractivity contribution in [2.75, 3.05) is 6.54 Å². The third kappa shape index (κ3) is 4.47. The van der Waals surface area contributed by atoms with E-state index in [4.69, 9.17) is 9.63 Å². The number of carbonyl (C=O) groups is 1. The van der Waals surface area contributed by atoms with Crippen LogP contribution in [0.1, 0.15) is 22.8 Å². The van der Waals surface area contributed by atoms with Crippen molar-refractivity contribution in [1.82, 2.24) is 15.5 Å². The molecule has 0 fully saturated rings. The monoisotopic (exact) mass is 275 g/mol. The van der Waals surface area contributed by atoms with E-state index >= 15 is 0 Å². The lowest BCUT2D eigenvalue weighted by molar-refractivity contribution is -0.136. The number of carboxylic acid groups (broad SMARTS) is 1. The van der Waals surface area contributed by atoms with E-state index < -0.39 is 5.97 Å². The first-order valence-corrected chi connectivity index (χ1v) is 6.43. The molecular weight excluding hydrogens is 258 g/mol. The lowest BCUT2D eigenvalue weighted by Crippen LogP contribution is -2.17. The number of rotatable bonds is 7. The Morgan fingerprint density at radius 3 is 2.60 bits per heavy atom. The highest BCUT2D eigenvalue weighted by molar-refractivity contribution is 5.70. The molecule has 0 aliphatic rings. The van der Waals surface area contributed by atoms with Gasteiger partial charge in [0.15, 0.2) is 5.82 Å². The van der Waals surface area contributed by atoms with Gasteiger partial charge in [-0.2, -0.15) is 4.98 Å². The Labute approximate surface area is 116 Å². The van der Waals surface area contributed by atoms with Gasteiger partial charge in [-0.05, 0) is 11.1 Å². The first-order valence-electron chi connectivity index (χ1n) is 6.43. The minimum absolute atomic E-state index is 0.0604. The summed E-state index contributed by atoms with van der Waals surface area (Å²) >= 11 is 0. The van der Waals surface area contributed by atoms with Crippen LogP contribution in [0.25, 0.3) is 0 Å². The summed E-state index contributed by atoms with van der Waals surface area (Å²) in [6.07, 6.45) is 0.777. The Hall–Kier alpha value is -2.21. The fourth-order valence-electron chi connectivity index (χ4n) is 1.83. The summed E-state index contributed by atoms with van der Waals surface area (Å²) in [5, 5.41) is 15.8. The Morgan fingerprint density at radius 2 is 2.00 bits per heavy atom. The molecule has 0 bridgehead atoms. The van der Waals surface area contributed by atoms with Crippen molar-refractivity contribution in [2.45, 2.75) is 26.3 Å². The first kappa shape index (κ1) is 14.2. The summed E-state index contributed by atoms with van der Waals surface area (Å²) in [4.78, 5) is 14.7. The molecule has 0 saturated carbocycles. The number of hydrogen-bond acceptors (Lipinski definition) is 5. The number of carboxylic acids is 1. The van der Waals surface area contributed by atoms with Gasteiger partial charge in [-0.1, -0.05) is 29.4 Å². The molecule has 0 aliphatic heterocycles. The van der Waals surface area contributed by atoms with E-state index in [0.29, 0.717) is 18.1 Å². The highest BCUT2D eigenvalue weighted by Crippen LogP contribution is 2.05. The Balaban J connectivity index is 1.72. The first-order chi connectivity index (χ1) is 9.63. The van der Waals surface area contributed by atoms with Gasteiger partial charge in [0.25, 0.3) is 0 Å². The van der Waals surface area contributed by atoms with Crippen molar-refractivity contribution >= 4 is 5.97 Å². The maximum Gasteiger partial charge on any atom is 0.307 e. The predicted molar refractivity (Wildman–Crippen MR) is 72.2 cm³/mol. The van der Waals surface area contributed by atoms with Crippen LogP contribution in [0.4, 0.5) is 0 Å². The fourth-order valence-corrected chi connectivity index (χ4v) is 1.83. The molecule has 106 valence electrons. The van der Waals surface area contributed by atoms with Gasteiger partial charge >= 0.3 is 5.97 Å². The third-order valence-corrected chi connectivity index (χ3v) is 2.80. The molecule has 20 heavy (non-hydrogen) atoms. The number of hydrogen-bond donors (Lipinski definition) is 2. The summed E-state index contributed by atoms with van der Waals surface area (Å²) in [5.41, 5.74) is 1.92. The van der Waals surface area contributed by atoms with E-state index in [0.717, 1.165) is 24.2 Å². The maximum absolute atomic E-state index is 10.6. The van der Waals surface area contributed by atoms with Gasteiger partial charge in [-0.3, -0.25) is 4.79 Å². The van der Waals surface area contributed by atoms with Gasteiger partial charge in [-0.25, -0.2) is 0 Å². The molecule has 0 atom stereocenters. The zero-order chi connectivity index (χ0) is 14.4. The van der Waals surface area contributed by atoms with Crippen LogP contribution in [0.2, 0.25) is 0 Å². The SMILES string of the molecule is Cc1nc(CCNCc2ccc(CC(=O)O)cc2)no1. The lowest BCUT2D eigenvalue weighted by atomic mass is 10.1. The average molecular weight is 275 g/mol. The highest BCUT2D eigenvalue weighted by atomic mass is 16.5. The molecule has 6 heteroatoms. The van der Waals surface area contributed by atoms with Gasteiger partial charge in [0.1, 0.15) is 0 Å². The topological polar surface area (TPSA) is 88.2 Å². The van der Waals surface area contributed by atoms with Gasteiger partial charge in [-0.15, -0.1) is 0 Å². The molecule has 0 amide bonds. The summed E-state index contributed by atoms with van der Waals surface area (Å²) in [6.45, 7) is 3.25. The second-order valence-corrected chi connectivity index (χ2v) is 4.54. The van der Waals surface area contributed by atoms with E-state index in [1.54, 1.807) is 6.92 Å². The molecule has 0 spiro atoms. The largest absolute Gasteiger partial charge is 0.481 e. The van der Waals surface area contributed by atoms with Gasteiger partial charge in [0, 0.05) is 26.4 Å². The molecule has 1 aromatic carbocycles. The van der Waals surface area contributed by atoms with E-state index in [1.165, 1.54) is 0 Å². The molecule has 2 rings (SSSR count). The summed E-state index contributed by atoms with van der Waals surface area (Å²) in [5.74, 6) is 0.465. The number of aliphatic carboxylic acids is 1. The third-order valence-electron chi connectivity index (χ3n) is 2.80. The molecule has 0 unspecified atom stereocenters. The Morgan fingerprint density at radius 1 is 1.30 bits per heavy atom. The number of aromatic nitrogens is 2. The molecular formula is C14H17N3O3. The lowest BCUT2D eigenvalue weighted by Gasteiger charge is -2.04.